The number of methoxy groups -OCH3 is 1. The van der Waals surface area contributed by atoms with Crippen LogP contribution in [0.4, 0.5) is 10.2 Å². The number of rotatable bonds is 9. The van der Waals surface area contributed by atoms with E-state index in [2.05, 4.69) is 25.7 Å². The quantitative estimate of drug-likeness (QED) is 0.200. The maximum atomic E-state index is 16.0. The van der Waals surface area contributed by atoms with Crippen LogP contribution in [-0.2, 0) is 23.4 Å². The van der Waals surface area contributed by atoms with E-state index in [1.54, 1.807) is 24.3 Å². The Balaban J connectivity index is 1.59. The number of benzene rings is 1. The van der Waals surface area contributed by atoms with Crippen LogP contribution in [0.3, 0.4) is 0 Å². The van der Waals surface area contributed by atoms with Crippen LogP contribution in [0.5, 0.6) is 5.75 Å². The van der Waals surface area contributed by atoms with Crippen molar-refractivity contribution in [3.63, 3.8) is 0 Å². The third-order valence-corrected chi connectivity index (χ3v) is 7.97. The Hall–Kier alpha value is -3.53. The molecular formula is C25H29FN5O7P. The zero-order valence-electron chi connectivity index (χ0n) is 21.7. The summed E-state index contributed by atoms with van der Waals surface area (Å²) < 4.78 is 52.7. The maximum Gasteiger partial charge on any atom is 0.459 e. The fourth-order valence-electron chi connectivity index (χ4n) is 4.21. The summed E-state index contributed by atoms with van der Waals surface area (Å²) in [5.41, 5.74) is 5.05. The molecule has 6 atom stereocenters. The molecule has 0 bridgehead atoms. The van der Waals surface area contributed by atoms with E-state index in [1.165, 1.54) is 31.1 Å². The second-order valence-corrected chi connectivity index (χ2v) is 10.9. The van der Waals surface area contributed by atoms with Crippen LogP contribution in [0, 0.1) is 19.3 Å². The predicted octanol–water partition coefficient (Wildman–Crippen LogP) is 2.64. The van der Waals surface area contributed by atoms with Crippen LogP contribution in [0.1, 0.15) is 31.2 Å². The summed E-state index contributed by atoms with van der Waals surface area (Å²) in [5.74, 6) is 2.04. The lowest BCUT2D eigenvalue weighted by molar-refractivity contribution is -0.142. The molecule has 39 heavy (non-hydrogen) atoms. The number of hydrogen-bond acceptors (Lipinski definition) is 10. The Labute approximate surface area is 224 Å². The molecule has 12 nitrogen and oxygen atoms in total. The fraction of sp³-hybridized carbons (Fsp3) is 0.400. The molecule has 3 heterocycles. The summed E-state index contributed by atoms with van der Waals surface area (Å²) in [6, 6.07) is 5.51. The molecule has 4 N–H and O–H groups in total. The highest BCUT2D eigenvalue weighted by Gasteiger charge is 2.56. The molecule has 0 spiro atoms. The standard InChI is InChI=1S/C25H29FN5O7P/c1-6-16-11-31(22-19(16)21(27)28-13-29-22)24-25(4,26)20(32)18(37-24)12-36-39(34,30-15(3)23(33)35-5)38-17-9-7-14(2)8-10-17/h1,7-11,13,15,18,20,24,32H,12H2,2-5H3,(H,30,34)(H2,27,28,29)/t15?,18-,20-,24-,25-,39?/m1/s1. The van der Waals surface area contributed by atoms with Gasteiger partial charge < -0.3 is 29.4 Å². The first-order valence-electron chi connectivity index (χ1n) is 11.9. The monoisotopic (exact) mass is 561 g/mol. The SMILES string of the molecule is C#Cc1cn([C@@H]2O[C@H](COP(=O)(NC(C)C(=O)OC)Oc3ccc(C)cc3)[C@@H](O)[C@@]2(C)F)c2ncnc(N)c12. The minimum atomic E-state index is -4.27. The Kier molecular flexibility index (Phi) is 7.97. The molecular weight excluding hydrogens is 532 g/mol. The molecule has 4 rings (SSSR count). The van der Waals surface area contributed by atoms with Gasteiger partial charge in [-0.1, -0.05) is 23.6 Å². The van der Waals surface area contributed by atoms with Crippen LogP contribution in [0.25, 0.3) is 11.0 Å². The summed E-state index contributed by atoms with van der Waals surface area (Å²) in [6.07, 6.45) is 3.79. The van der Waals surface area contributed by atoms with Crippen molar-refractivity contribution in [2.45, 2.75) is 50.9 Å². The third kappa shape index (κ3) is 5.61. The number of terminal acetylenes is 1. The van der Waals surface area contributed by atoms with Crippen LogP contribution in [-0.4, -0.2) is 63.2 Å². The smallest absolute Gasteiger partial charge is 0.459 e. The Morgan fingerprint density at radius 1 is 1.41 bits per heavy atom. The molecule has 0 saturated carbocycles. The molecule has 0 aliphatic carbocycles. The molecule has 1 aromatic carbocycles. The number of nitrogen functional groups attached to an aromatic ring is 1. The molecule has 0 amide bonds. The number of halogens is 1. The fourth-order valence-corrected chi connectivity index (χ4v) is 5.72. The highest BCUT2D eigenvalue weighted by atomic mass is 31.2. The number of hydrogen-bond donors (Lipinski definition) is 3. The van der Waals surface area contributed by atoms with Crippen LogP contribution in [0.15, 0.2) is 36.8 Å². The van der Waals surface area contributed by atoms with Gasteiger partial charge in [0.2, 0.25) is 0 Å². The van der Waals surface area contributed by atoms with Gasteiger partial charge in [-0.15, -0.1) is 6.42 Å². The summed E-state index contributed by atoms with van der Waals surface area (Å²) in [7, 11) is -3.10. The van der Waals surface area contributed by atoms with Gasteiger partial charge in [0.05, 0.1) is 24.7 Å². The van der Waals surface area contributed by atoms with E-state index in [1.807, 2.05) is 6.92 Å². The number of nitrogens with one attached hydrogen (secondary N) is 1. The molecule has 1 aliphatic rings. The van der Waals surface area contributed by atoms with Gasteiger partial charge >= 0.3 is 13.7 Å². The number of aryl methyl sites for hydroxylation is 1. The Bertz CT molecular complexity index is 1460. The van der Waals surface area contributed by atoms with Crippen LogP contribution in [0.2, 0.25) is 0 Å². The van der Waals surface area contributed by atoms with Gasteiger partial charge in [-0.25, -0.2) is 18.9 Å². The van der Waals surface area contributed by atoms with Crippen LogP contribution < -0.4 is 15.3 Å². The number of aliphatic hydroxyl groups is 1. The van der Waals surface area contributed by atoms with E-state index in [0.717, 1.165) is 12.5 Å². The molecule has 2 unspecified atom stereocenters. The molecule has 2 aromatic heterocycles. The van der Waals surface area contributed by atoms with Gasteiger partial charge in [0.15, 0.2) is 11.9 Å². The highest BCUT2D eigenvalue weighted by molar-refractivity contribution is 7.52. The van der Waals surface area contributed by atoms with E-state index < -0.39 is 50.5 Å². The number of nitrogens with zero attached hydrogens (tertiary/aromatic N) is 3. The molecule has 208 valence electrons. The average Bonchev–Trinajstić information content (AvgIpc) is 3.38. The van der Waals surface area contributed by atoms with Gasteiger partial charge in [0.25, 0.3) is 0 Å². The largest absolute Gasteiger partial charge is 0.468 e. The number of alkyl halides is 1. The topological polar surface area (TPSA) is 160 Å². The Morgan fingerprint density at radius 2 is 2.10 bits per heavy atom. The molecule has 3 aromatic rings. The normalized spacial score (nSPS) is 25.1. The number of carbonyl (C=O) groups excluding carboxylic acids is 1. The van der Waals surface area contributed by atoms with Gasteiger partial charge in [0, 0.05) is 6.20 Å². The molecule has 1 fully saturated rings. The first-order valence-corrected chi connectivity index (χ1v) is 13.4. The zero-order chi connectivity index (χ0) is 28.5. The van der Waals surface area contributed by atoms with Crippen molar-refractivity contribution in [2.24, 2.45) is 0 Å². The molecule has 1 saturated heterocycles. The average molecular weight is 562 g/mol. The van der Waals surface area contributed by atoms with Gasteiger partial charge in [-0.2, -0.15) is 5.09 Å². The molecule has 0 radical (unpaired) electrons. The number of fused-ring (bicyclic) bond motifs is 1. The van der Waals surface area contributed by atoms with Crippen molar-refractivity contribution in [3.05, 3.63) is 47.9 Å². The minimum absolute atomic E-state index is 0.102. The number of anilines is 1. The van der Waals surface area contributed by atoms with Crippen LogP contribution >= 0.6 is 7.75 Å². The number of esters is 1. The van der Waals surface area contributed by atoms with Gasteiger partial charge in [-0.3, -0.25) is 9.32 Å². The lowest BCUT2D eigenvalue weighted by Crippen LogP contribution is -2.41. The third-order valence-electron chi connectivity index (χ3n) is 6.33. The van der Waals surface area contributed by atoms with Crippen molar-refractivity contribution < 1.29 is 37.4 Å². The van der Waals surface area contributed by atoms with E-state index in [0.29, 0.717) is 10.9 Å². The Morgan fingerprint density at radius 3 is 2.74 bits per heavy atom. The van der Waals surface area contributed by atoms with Crippen molar-refractivity contribution in [2.75, 3.05) is 19.5 Å². The highest BCUT2D eigenvalue weighted by Crippen LogP contribution is 2.48. The summed E-state index contributed by atoms with van der Waals surface area (Å²) in [4.78, 5) is 20.1. The van der Waals surface area contributed by atoms with Crippen molar-refractivity contribution >= 4 is 30.6 Å². The van der Waals surface area contributed by atoms with E-state index >= 15 is 4.39 Å². The maximum absolute atomic E-state index is 16.0. The number of aromatic nitrogens is 3. The zero-order valence-corrected chi connectivity index (χ0v) is 22.6. The van der Waals surface area contributed by atoms with Crippen molar-refractivity contribution in [3.8, 4) is 18.1 Å². The number of aliphatic hydroxyl groups excluding tert-OH is 1. The summed E-state index contributed by atoms with van der Waals surface area (Å²) in [6.45, 7) is 3.85. The molecule has 1 aliphatic heterocycles. The second kappa shape index (κ2) is 10.9. The first kappa shape index (κ1) is 28.5. The van der Waals surface area contributed by atoms with E-state index in [-0.39, 0.29) is 17.2 Å². The van der Waals surface area contributed by atoms with Gasteiger partial charge in [0.1, 0.15) is 41.8 Å². The minimum Gasteiger partial charge on any atom is -0.468 e. The summed E-state index contributed by atoms with van der Waals surface area (Å²) >= 11 is 0. The lowest BCUT2D eigenvalue weighted by atomic mass is 9.98. The van der Waals surface area contributed by atoms with E-state index in [4.69, 9.17) is 25.9 Å². The van der Waals surface area contributed by atoms with Crippen molar-refractivity contribution in [1.82, 2.24) is 19.6 Å². The van der Waals surface area contributed by atoms with Gasteiger partial charge in [-0.05, 0) is 32.9 Å². The predicted molar refractivity (Wildman–Crippen MR) is 139 cm³/mol. The van der Waals surface area contributed by atoms with E-state index in [9.17, 15) is 14.5 Å². The molecule has 14 heteroatoms. The first-order chi connectivity index (χ1) is 18.4. The number of carbonyl (C=O) groups is 1. The van der Waals surface area contributed by atoms with Crippen molar-refractivity contribution in [1.29, 1.82) is 0 Å². The summed E-state index contributed by atoms with van der Waals surface area (Å²) in [5, 5.41) is 13.7. The number of nitrogens with two attached hydrogens (primary N) is 1. The number of ether oxygens (including phenoxy) is 2. The lowest BCUT2D eigenvalue weighted by Gasteiger charge is -2.25. The second-order valence-electron chi connectivity index (χ2n) is 9.25.